The van der Waals surface area contributed by atoms with E-state index in [2.05, 4.69) is 21.7 Å². The van der Waals surface area contributed by atoms with Crippen LogP contribution in [0.25, 0.3) is 11.3 Å². The van der Waals surface area contributed by atoms with Crippen molar-refractivity contribution in [2.24, 2.45) is 0 Å². The average Bonchev–Trinajstić information content (AvgIpc) is 2.70. The second kappa shape index (κ2) is 7.24. The summed E-state index contributed by atoms with van der Waals surface area (Å²) in [6.45, 7) is 2.08. The number of benzene rings is 1. The number of anilines is 1. The summed E-state index contributed by atoms with van der Waals surface area (Å²) in [5.74, 6) is 7.06. The Morgan fingerprint density at radius 2 is 1.85 bits per heavy atom. The molecule has 3 aromatic rings. The van der Waals surface area contributed by atoms with Crippen molar-refractivity contribution in [3.05, 3.63) is 76.8 Å². The van der Waals surface area contributed by atoms with Crippen LogP contribution in [-0.4, -0.2) is 27.6 Å². The van der Waals surface area contributed by atoms with Crippen molar-refractivity contribution in [1.29, 1.82) is 0 Å². The number of pyridine rings is 1. The summed E-state index contributed by atoms with van der Waals surface area (Å²) in [7, 11) is 0. The molecule has 0 amide bonds. The molecule has 5 heteroatoms. The maximum absolute atomic E-state index is 12.5. The molecule has 1 aliphatic rings. The highest BCUT2D eigenvalue weighted by molar-refractivity contribution is 5.59. The number of hydrogen-bond donors (Lipinski definition) is 0. The largest absolute Gasteiger partial charge is 0.331 e. The Bertz CT molecular complexity index is 1020. The van der Waals surface area contributed by atoms with Gasteiger partial charge in [-0.1, -0.05) is 30.0 Å². The first-order valence-corrected chi connectivity index (χ1v) is 8.62. The fourth-order valence-corrected chi connectivity index (χ4v) is 3.04. The van der Waals surface area contributed by atoms with Gasteiger partial charge in [-0.05, 0) is 30.7 Å². The van der Waals surface area contributed by atoms with E-state index >= 15 is 0 Å². The Kier molecular flexibility index (Phi) is 4.48. The lowest BCUT2D eigenvalue weighted by Gasteiger charge is -2.29. The molecule has 0 aliphatic carbocycles. The summed E-state index contributed by atoms with van der Waals surface area (Å²) in [6.07, 6.45) is 4.32. The van der Waals surface area contributed by atoms with E-state index in [0.29, 0.717) is 24.7 Å². The van der Waals surface area contributed by atoms with E-state index in [4.69, 9.17) is 4.98 Å². The predicted octanol–water partition coefficient (Wildman–Crippen LogP) is 2.57. The fraction of sp³-hybridized carbons (Fsp3) is 0.190. The molecule has 1 aromatic carbocycles. The molecule has 0 saturated carbocycles. The van der Waals surface area contributed by atoms with Crippen LogP contribution in [0, 0.1) is 11.8 Å². The number of hydrogen-bond acceptors (Lipinski definition) is 4. The van der Waals surface area contributed by atoms with Gasteiger partial charge in [-0.15, -0.1) is 0 Å². The summed E-state index contributed by atoms with van der Waals surface area (Å²) in [6, 6.07) is 15.2. The molecular formula is C21H18N4O. The van der Waals surface area contributed by atoms with Gasteiger partial charge in [-0.25, -0.2) is 4.98 Å². The Hall–Kier alpha value is -3.39. The molecule has 2 aromatic heterocycles. The van der Waals surface area contributed by atoms with Gasteiger partial charge in [-0.2, -0.15) is 0 Å². The number of fused-ring (bicyclic) bond motifs is 1. The molecule has 0 radical (unpaired) electrons. The zero-order valence-electron chi connectivity index (χ0n) is 14.3. The molecule has 3 heterocycles. The first-order valence-electron chi connectivity index (χ1n) is 8.62. The van der Waals surface area contributed by atoms with Crippen LogP contribution in [0.15, 0.2) is 65.7 Å². The van der Waals surface area contributed by atoms with Gasteiger partial charge in [0.05, 0.1) is 12.2 Å². The second-order valence-electron chi connectivity index (χ2n) is 6.11. The van der Waals surface area contributed by atoms with Crippen molar-refractivity contribution in [3.8, 4) is 23.1 Å². The zero-order valence-corrected chi connectivity index (χ0v) is 14.3. The van der Waals surface area contributed by atoms with Gasteiger partial charge >= 0.3 is 0 Å². The maximum Gasteiger partial charge on any atom is 0.255 e. The van der Waals surface area contributed by atoms with E-state index in [0.717, 1.165) is 24.1 Å². The normalized spacial score (nSPS) is 12.8. The van der Waals surface area contributed by atoms with E-state index < -0.39 is 0 Å². The van der Waals surface area contributed by atoms with Gasteiger partial charge in [0, 0.05) is 42.7 Å². The van der Waals surface area contributed by atoms with Crippen LogP contribution < -0.4 is 10.5 Å². The topological polar surface area (TPSA) is 51.0 Å². The summed E-state index contributed by atoms with van der Waals surface area (Å²) < 4.78 is 1.73. The van der Waals surface area contributed by atoms with E-state index in [1.165, 1.54) is 0 Å². The van der Waals surface area contributed by atoms with Crippen LogP contribution in [0.3, 0.4) is 0 Å². The predicted molar refractivity (Wildman–Crippen MR) is 102 cm³/mol. The smallest absolute Gasteiger partial charge is 0.255 e. The SMILES string of the molecule is O=c1cc(-c2ccncc2)nc2n1CCCN2CC#Cc1ccccc1. The number of nitrogens with zero attached hydrogens (tertiary/aromatic N) is 4. The lowest BCUT2D eigenvalue weighted by molar-refractivity contribution is 0.545. The number of rotatable bonds is 2. The third-order valence-electron chi connectivity index (χ3n) is 4.33. The molecular weight excluding hydrogens is 324 g/mol. The molecule has 0 bridgehead atoms. The minimum absolute atomic E-state index is 0.0254. The summed E-state index contributed by atoms with van der Waals surface area (Å²) in [5, 5.41) is 0. The van der Waals surface area contributed by atoms with Crippen LogP contribution in [0.1, 0.15) is 12.0 Å². The third kappa shape index (κ3) is 3.35. The lowest BCUT2D eigenvalue weighted by atomic mass is 10.2. The molecule has 0 saturated heterocycles. The van der Waals surface area contributed by atoms with Crippen LogP contribution in [0.5, 0.6) is 0 Å². The van der Waals surface area contributed by atoms with Crippen molar-refractivity contribution >= 4 is 5.95 Å². The third-order valence-corrected chi connectivity index (χ3v) is 4.33. The van der Waals surface area contributed by atoms with Gasteiger partial charge in [-0.3, -0.25) is 14.3 Å². The fourth-order valence-electron chi connectivity index (χ4n) is 3.04. The Morgan fingerprint density at radius 1 is 1.04 bits per heavy atom. The minimum Gasteiger partial charge on any atom is -0.331 e. The standard InChI is InChI=1S/C21H18N4O/c26-20-16-19(18-9-11-22-12-10-18)23-21-24(14-5-15-25(20)21)13-4-8-17-6-2-1-3-7-17/h1-3,6-7,9-12,16H,5,13-15H2. The number of aromatic nitrogens is 3. The summed E-state index contributed by atoms with van der Waals surface area (Å²) >= 11 is 0. The van der Waals surface area contributed by atoms with E-state index in [1.807, 2.05) is 42.5 Å². The zero-order chi connectivity index (χ0) is 17.8. The molecule has 0 unspecified atom stereocenters. The van der Waals surface area contributed by atoms with Crippen LogP contribution in [0.2, 0.25) is 0 Å². The lowest BCUT2D eigenvalue weighted by Crippen LogP contribution is -2.38. The Morgan fingerprint density at radius 3 is 2.65 bits per heavy atom. The van der Waals surface area contributed by atoms with Crippen molar-refractivity contribution < 1.29 is 0 Å². The molecule has 5 nitrogen and oxygen atoms in total. The quantitative estimate of drug-likeness (QED) is 0.672. The van der Waals surface area contributed by atoms with Gasteiger partial charge in [0.15, 0.2) is 0 Å². The van der Waals surface area contributed by atoms with Crippen molar-refractivity contribution in [2.45, 2.75) is 13.0 Å². The van der Waals surface area contributed by atoms with E-state index in [9.17, 15) is 4.79 Å². The highest BCUT2D eigenvalue weighted by Gasteiger charge is 2.19. The van der Waals surface area contributed by atoms with Crippen LogP contribution in [0.4, 0.5) is 5.95 Å². The van der Waals surface area contributed by atoms with Gasteiger partial charge in [0.25, 0.3) is 5.56 Å². The molecule has 1 aliphatic heterocycles. The molecule has 0 N–H and O–H groups in total. The Balaban J connectivity index is 1.66. The summed E-state index contributed by atoms with van der Waals surface area (Å²) in [4.78, 5) is 23.4. The van der Waals surface area contributed by atoms with Crippen molar-refractivity contribution in [2.75, 3.05) is 18.0 Å². The van der Waals surface area contributed by atoms with Crippen molar-refractivity contribution in [3.63, 3.8) is 0 Å². The minimum atomic E-state index is -0.0254. The maximum atomic E-state index is 12.5. The van der Waals surface area contributed by atoms with Gasteiger partial charge < -0.3 is 4.90 Å². The molecule has 0 fully saturated rings. The van der Waals surface area contributed by atoms with Gasteiger partial charge in [0.2, 0.25) is 5.95 Å². The highest BCUT2D eigenvalue weighted by Crippen LogP contribution is 2.21. The van der Waals surface area contributed by atoms with Crippen molar-refractivity contribution in [1.82, 2.24) is 14.5 Å². The molecule has 0 atom stereocenters. The van der Waals surface area contributed by atoms with Gasteiger partial charge in [0.1, 0.15) is 0 Å². The molecule has 26 heavy (non-hydrogen) atoms. The second-order valence-corrected chi connectivity index (χ2v) is 6.11. The van der Waals surface area contributed by atoms with E-state index in [1.54, 1.807) is 23.0 Å². The molecule has 128 valence electrons. The van der Waals surface area contributed by atoms with Crippen LogP contribution >= 0.6 is 0 Å². The van der Waals surface area contributed by atoms with Crippen LogP contribution in [-0.2, 0) is 6.54 Å². The molecule has 4 rings (SSSR count). The highest BCUT2D eigenvalue weighted by atomic mass is 16.1. The first kappa shape index (κ1) is 16.1. The Labute approximate surface area is 152 Å². The van der Waals surface area contributed by atoms with E-state index in [-0.39, 0.29) is 5.56 Å². The monoisotopic (exact) mass is 342 g/mol. The average molecular weight is 342 g/mol. The molecule has 0 spiro atoms. The summed E-state index contributed by atoms with van der Waals surface area (Å²) in [5.41, 5.74) is 2.52. The first-order chi connectivity index (χ1) is 12.8.